The van der Waals surface area contributed by atoms with Crippen LogP contribution in [-0.2, 0) is 14.4 Å². The van der Waals surface area contributed by atoms with Gasteiger partial charge in [-0.2, -0.15) is 0 Å². The van der Waals surface area contributed by atoms with E-state index in [4.69, 9.17) is 4.74 Å². The molecule has 0 radical (unpaired) electrons. The summed E-state index contributed by atoms with van der Waals surface area (Å²) < 4.78 is 5.70. The summed E-state index contributed by atoms with van der Waals surface area (Å²) in [5, 5.41) is 25.1. The van der Waals surface area contributed by atoms with Crippen molar-refractivity contribution >= 4 is 23.5 Å². The monoisotopic (exact) mass is 435 g/mol. The van der Waals surface area contributed by atoms with E-state index in [9.17, 15) is 24.6 Å². The standard InChI is InChI=1S/C22H33N3O6/c1-15(2)23-12-8-4-3-5-9-16(22(29)30)24-17-14-31-19-11-7-6-10-18(19)25(21(17)28)13-20(26)27/h6-7,10-11,15-17,23-24H,3-5,8-9,12-14H2,1-2H3,(H,26,27)(H,29,30)/t16-,17?/m0/s1. The predicted octanol–water partition coefficient (Wildman–Crippen LogP) is 1.86. The molecule has 0 saturated carbocycles. The average molecular weight is 436 g/mol. The van der Waals surface area contributed by atoms with E-state index in [1.807, 2.05) is 0 Å². The van der Waals surface area contributed by atoms with Crippen molar-refractivity contribution in [2.45, 2.75) is 64.1 Å². The van der Waals surface area contributed by atoms with Crippen LogP contribution >= 0.6 is 0 Å². The molecule has 2 atom stereocenters. The van der Waals surface area contributed by atoms with Crippen LogP contribution in [-0.4, -0.2) is 65.9 Å². The third kappa shape index (κ3) is 7.84. The number of benzene rings is 1. The van der Waals surface area contributed by atoms with Crippen molar-refractivity contribution < 1.29 is 29.3 Å². The second-order valence-electron chi connectivity index (χ2n) is 8.02. The van der Waals surface area contributed by atoms with Gasteiger partial charge in [0.15, 0.2) is 0 Å². The number of hydrogen-bond donors (Lipinski definition) is 4. The zero-order valence-corrected chi connectivity index (χ0v) is 18.2. The number of nitrogens with one attached hydrogen (secondary N) is 2. The molecule has 4 N–H and O–H groups in total. The number of ether oxygens (including phenoxy) is 1. The summed E-state index contributed by atoms with van der Waals surface area (Å²) in [5.74, 6) is -2.33. The van der Waals surface area contributed by atoms with Crippen LogP contribution in [0.25, 0.3) is 0 Å². The van der Waals surface area contributed by atoms with E-state index in [1.54, 1.807) is 24.3 Å². The van der Waals surface area contributed by atoms with Crippen molar-refractivity contribution in [1.29, 1.82) is 0 Å². The number of amides is 1. The highest BCUT2D eigenvalue weighted by Crippen LogP contribution is 2.31. The number of unbranched alkanes of at least 4 members (excludes halogenated alkanes) is 3. The molecule has 0 saturated heterocycles. The molecule has 1 aliphatic rings. The Morgan fingerprint density at radius 2 is 1.87 bits per heavy atom. The Balaban J connectivity index is 1.96. The van der Waals surface area contributed by atoms with Crippen LogP contribution in [0.2, 0.25) is 0 Å². The summed E-state index contributed by atoms with van der Waals surface area (Å²) in [6.45, 7) is 4.53. The smallest absolute Gasteiger partial charge is 0.323 e. The van der Waals surface area contributed by atoms with E-state index >= 15 is 0 Å². The fourth-order valence-electron chi connectivity index (χ4n) is 3.51. The molecule has 1 heterocycles. The van der Waals surface area contributed by atoms with E-state index in [2.05, 4.69) is 24.5 Å². The van der Waals surface area contributed by atoms with Crippen molar-refractivity contribution in [1.82, 2.24) is 10.6 Å². The van der Waals surface area contributed by atoms with E-state index < -0.39 is 36.5 Å². The molecule has 1 amide bonds. The number of aliphatic carboxylic acids is 2. The number of nitrogens with zero attached hydrogens (tertiary/aromatic N) is 1. The first-order chi connectivity index (χ1) is 14.8. The van der Waals surface area contributed by atoms with Gasteiger partial charge in [-0.25, -0.2) is 0 Å². The predicted molar refractivity (Wildman–Crippen MR) is 116 cm³/mol. The van der Waals surface area contributed by atoms with E-state index in [-0.39, 0.29) is 6.61 Å². The van der Waals surface area contributed by atoms with Crippen LogP contribution in [0.15, 0.2) is 24.3 Å². The van der Waals surface area contributed by atoms with Gasteiger partial charge in [-0.3, -0.25) is 24.6 Å². The summed E-state index contributed by atoms with van der Waals surface area (Å²) in [4.78, 5) is 37.2. The van der Waals surface area contributed by atoms with Gasteiger partial charge in [0.25, 0.3) is 0 Å². The van der Waals surface area contributed by atoms with Crippen molar-refractivity contribution in [2.24, 2.45) is 0 Å². The minimum atomic E-state index is -1.16. The first kappa shape index (κ1) is 24.6. The molecule has 2 rings (SSSR count). The first-order valence-corrected chi connectivity index (χ1v) is 10.8. The third-order valence-corrected chi connectivity index (χ3v) is 5.09. The molecule has 1 aliphatic heterocycles. The largest absolute Gasteiger partial charge is 0.489 e. The lowest BCUT2D eigenvalue weighted by atomic mass is 10.1. The van der Waals surface area contributed by atoms with Crippen LogP contribution in [0, 0.1) is 0 Å². The Morgan fingerprint density at radius 1 is 1.16 bits per heavy atom. The lowest BCUT2D eigenvalue weighted by Gasteiger charge is -2.25. The molecule has 1 aromatic carbocycles. The SMILES string of the molecule is CC(C)NCCCCCC[C@H](NC1COc2ccccc2N(CC(=O)O)C1=O)C(=O)O. The molecule has 1 aromatic rings. The Morgan fingerprint density at radius 3 is 2.55 bits per heavy atom. The van der Waals surface area contributed by atoms with Crippen molar-refractivity contribution in [3.05, 3.63) is 24.3 Å². The molecule has 9 nitrogen and oxygen atoms in total. The quantitative estimate of drug-likeness (QED) is 0.346. The van der Waals surface area contributed by atoms with Crippen LogP contribution in [0.1, 0.15) is 46.0 Å². The van der Waals surface area contributed by atoms with Gasteiger partial charge in [0, 0.05) is 6.04 Å². The number of rotatable bonds is 13. The fraction of sp³-hybridized carbons (Fsp3) is 0.591. The number of para-hydroxylation sites is 2. The fourth-order valence-corrected chi connectivity index (χ4v) is 3.51. The lowest BCUT2D eigenvalue weighted by Crippen LogP contribution is -2.54. The number of fused-ring (bicyclic) bond motifs is 1. The number of carboxylic acid groups (broad SMARTS) is 2. The van der Waals surface area contributed by atoms with Gasteiger partial charge >= 0.3 is 11.9 Å². The average Bonchev–Trinajstić information content (AvgIpc) is 2.83. The van der Waals surface area contributed by atoms with Gasteiger partial charge in [-0.15, -0.1) is 0 Å². The molecular formula is C22H33N3O6. The van der Waals surface area contributed by atoms with Crippen LogP contribution in [0.5, 0.6) is 5.75 Å². The lowest BCUT2D eigenvalue weighted by molar-refractivity contribution is -0.141. The summed E-state index contributed by atoms with van der Waals surface area (Å²) in [5.41, 5.74) is 0.362. The third-order valence-electron chi connectivity index (χ3n) is 5.09. The second-order valence-corrected chi connectivity index (χ2v) is 8.02. The minimum absolute atomic E-state index is 0.0728. The van der Waals surface area contributed by atoms with Crippen LogP contribution < -0.4 is 20.3 Å². The van der Waals surface area contributed by atoms with Gasteiger partial charge in [0.1, 0.15) is 31.0 Å². The van der Waals surface area contributed by atoms with E-state index in [0.717, 1.165) is 30.7 Å². The number of carbonyl (C=O) groups is 3. The summed E-state index contributed by atoms with van der Waals surface area (Å²) in [6.07, 6.45) is 4.02. The number of carbonyl (C=O) groups excluding carboxylic acids is 1. The summed E-state index contributed by atoms with van der Waals surface area (Å²) in [6, 6.07) is 5.26. The molecule has 0 spiro atoms. The van der Waals surface area contributed by atoms with Gasteiger partial charge < -0.3 is 20.3 Å². The highest BCUT2D eigenvalue weighted by atomic mass is 16.5. The Bertz CT molecular complexity index is 755. The van der Waals surface area contributed by atoms with Crippen molar-refractivity contribution in [3.8, 4) is 5.75 Å². The first-order valence-electron chi connectivity index (χ1n) is 10.8. The molecule has 9 heteroatoms. The van der Waals surface area contributed by atoms with Gasteiger partial charge in [0.2, 0.25) is 5.91 Å². The Kier molecular flexibility index (Phi) is 9.74. The molecule has 0 bridgehead atoms. The Hall–Kier alpha value is -2.65. The molecule has 172 valence electrons. The molecule has 0 fully saturated rings. The summed E-state index contributed by atoms with van der Waals surface area (Å²) >= 11 is 0. The maximum absolute atomic E-state index is 13.0. The summed E-state index contributed by atoms with van der Waals surface area (Å²) in [7, 11) is 0. The number of anilines is 1. The van der Waals surface area contributed by atoms with Gasteiger partial charge in [-0.05, 0) is 31.5 Å². The van der Waals surface area contributed by atoms with Crippen LogP contribution in [0.4, 0.5) is 5.69 Å². The van der Waals surface area contributed by atoms with E-state index in [0.29, 0.717) is 30.3 Å². The highest BCUT2D eigenvalue weighted by molar-refractivity contribution is 6.02. The zero-order chi connectivity index (χ0) is 22.8. The number of carboxylic acids is 2. The maximum Gasteiger partial charge on any atom is 0.323 e. The van der Waals surface area contributed by atoms with E-state index in [1.165, 1.54) is 0 Å². The zero-order valence-electron chi connectivity index (χ0n) is 18.2. The molecule has 1 unspecified atom stereocenters. The Labute approximate surface area is 182 Å². The van der Waals surface area contributed by atoms with Crippen LogP contribution in [0.3, 0.4) is 0 Å². The normalized spacial score (nSPS) is 17.1. The molecule has 31 heavy (non-hydrogen) atoms. The van der Waals surface area contributed by atoms with Crippen molar-refractivity contribution in [2.75, 3.05) is 24.6 Å². The van der Waals surface area contributed by atoms with Crippen molar-refractivity contribution in [3.63, 3.8) is 0 Å². The second kappa shape index (κ2) is 12.3. The topological polar surface area (TPSA) is 128 Å². The molecule has 0 aliphatic carbocycles. The highest BCUT2D eigenvalue weighted by Gasteiger charge is 2.35. The van der Waals surface area contributed by atoms with Gasteiger partial charge in [-0.1, -0.05) is 45.2 Å². The maximum atomic E-state index is 13.0. The minimum Gasteiger partial charge on any atom is -0.489 e. The molecular weight excluding hydrogens is 402 g/mol. The number of hydrogen-bond acceptors (Lipinski definition) is 6. The molecule has 0 aromatic heterocycles. The van der Waals surface area contributed by atoms with Gasteiger partial charge in [0.05, 0.1) is 5.69 Å².